The van der Waals surface area contributed by atoms with Crippen molar-refractivity contribution in [1.29, 1.82) is 0 Å². The summed E-state index contributed by atoms with van der Waals surface area (Å²) in [5.41, 5.74) is 1.15. The van der Waals surface area contributed by atoms with Crippen LogP contribution in [-0.2, 0) is 4.74 Å². The van der Waals surface area contributed by atoms with Crippen LogP contribution in [0.15, 0.2) is 48.5 Å². The average Bonchev–Trinajstić information content (AvgIpc) is 3.00. The topological polar surface area (TPSA) is 67.9 Å². The van der Waals surface area contributed by atoms with Crippen LogP contribution >= 0.6 is 11.6 Å². The zero-order valence-corrected chi connectivity index (χ0v) is 14.3. The Bertz CT molecular complexity index is 796. The number of halogens is 1. The Morgan fingerprint density at radius 2 is 2.12 bits per heavy atom. The molecule has 1 aliphatic heterocycles. The molecule has 1 saturated heterocycles. The van der Waals surface area contributed by atoms with E-state index >= 15 is 0 Å². The fraction of sp³-hybridized carbons (Fsp3) is 0.222. The van der Waals surface area contributed by atoms with Crippen LogP contribution in [-0.4, -0.2) is 38.3 Å². The Hall–Kier alpha value is -2.73. The molecule has 0 bridgehead atoms. The molecule has 3 rings (SSSR count). The average molecular weight is 361 g/mol. The highest BCUT2D eigenvalue weighted by molar-refractivity contribution is 6.30. The van der Waals surface area contributed by atoms with Crippen molar-refractivity contribution in [2.45, 2.75) is 6.10 Å². The minimum atomic E-state index is -0.456. The number of cyclic esters (lactones) is 1. The smallest absolute Gasteiger partial charge is 0.414 e. The molecule has 0 saturated carbocycles. The van der Waals surface area contributed by atoms with Crippen molar-refractivity contribution in [2.75, 3.05) is 25.1 Å². The first-order valence-electron chi connectivity index (χ1n) is 7.73. The first-order chi connectivity index (χ1) is 12.1. The number of amides is 2. The molecule has 0 spiro atoms. The maximum absolute atomic E-state index is 12.2. The van der Waals surface area contributed by atoms with Crippen LogP contribution in [0.5, 0.6) is 5.75 Å². The minimum Gasteiger partial charge on any atom is -0.497 e. The Labute approximate surface area is 150 Å². The molecule has 1 N–H and O–H groups in total. The Balaban J connectivity index is 1.59. The van der Waals surface area contributed by atoms with Gasteiger partial charge in [0.25, 0.3) is 5.91 Å². The van der Waals surface area contributed by atoms with Crippen LogP contribution in [0.25, 0.3) is 0 Å². The third-order valence-electron chi connectivity index (χ3n) is 3.82. The molecule has 25 heavy (non-hydrogen) atoms. The lowest BCUT2D eigenvalue weighted by Crippen LogP contribution is -2.34. The van der Waals surface area contributed by atoms with Crippen molar-refractivity contribution in [3.8, 4) is 5.75 Å². The fourth-order valence-electron chi connectivity index (χ4n) is 2.56. The highest BCUT2D eigenvalue weighted by Gasteiger charge is 2.32. The summed E-state index contributed by atoms with van der Waals surface area (Å²) in [6.45, 7) is 0.566. The normalized spacial score (nSPS) is 16.5. The largest absolute Gasteiger partial charge is 0.497 e. The summed E-state index contributed by atoms with van der Waals surface area (Å²) in [7, 11) is 1.54. The summed E-state index contributed by atoms with van der Waals surface area (Å²) < 4.78 is 10.4. The lowest BCUT2D eigenvalue weighted by Gasteiger charge is -2.13. The van der Waals surface area contributed by atoms with E-state index in [9.17, 15) is 9.59 Å². The van der Waals surface area contributed by atoms with Gasteiger partial charge in [0.15, 0.2) is 0 Å². The van der Waals surface area contributed by atoms with Crippen molar-refractivity contribution >= 4 is 29.3 Å². The molecule has 1 unspecified atom stereocenters. The SMILES string of the molecule is COc1cccc(C(=O)NCC2CN(c3cccc(Cl)c3)C(=O)O2)c1. The number of nitrogens with one attached hydrogen (secondary N) is 1. The number of ether oxygens (including phenoxy) is 2. The van der Waals surface area contributed by atoms with Crippen LogP contribution in [0.3, 0.4) is 0 Å². The van der Waals surface area contributed by atoms with Gasteiger partial charge in [-0.05, 0) is 36.4 Å². The van der Waals surface area contributed by atoms with Crippen LogP contribution in [0.2, 0.25) is 5.02 Å². The van der Waals surface area contributed by atoms with E-state index in [0.29, 0.717) is 28.6 Å². The van der Waals surface area contributed by atoms with E-state index in [2.05, 4.69) is 5.32 Å². The summed E-state index contributed by atoms with van der Waals surface area (Å²) in [5, 5.41) is 3.31. The van der Waals surface area contributed by atoms with E-state index in [0.717, 1.165) is 0 Å². The first kappa shape index (κ1) is 17.1. The van der Waals surface area contributed by atoms with Crippen molar-refractivity contribution in [3.05, 3.63) is 59.1 Å². The number of hydrogen-bond donors (Lipinski definition) is 1. The number of carbonyl (C=O) groups is 2. The molecule has 2 aromatic carbocycles. The molecule has 1 heterocycles. The number of anilines is 1. The van der Waals surface area contributed by atoms with Crippen LogP contribution in [0.4, 0.5) is 10.5 Å². The summed E-state index contributed by atoms with van der Waals surface area (Å²) in [5.74, 6) is 0.350. The molecule has 0 radical (unpaired) electrons. The summed E-state index contributed by atoms with van der Waals surface area (Å²) in [4.78, 5) is 25.7. The molecule has 1 atom stereocenters. The molecule has 130 valence electrons. The molecule has 2 aromatic rings. The maximum atomic E-state index is 12.2. The second kappa shape index (κ2) is 7.44. The monoisotopic (exact) mass is 360 g/mol. The second-order valence-corrected chi connectivity index (χ2v) is 5.97. The lowest BCUT2D eigenvalue weighted by molar-refractivity contribution is 0.0916. The van der Waals surface area contributed by atoms with E-state index in [4.69, 9.17) is 21.1 Å². The third kappa shape index (κ3) is 4.03. The van der Waals surface area contributed by atoms with Gasteiger partial charge < -0.3 is 14.8 Å². The minimum absolute atomic E-state index is 0.221. The number of carbonyl (C=O) groups excluding carboxylic acids is 2. The van der Waals surface area contributed by atoms with E-state index in [1.54, 1.807) is 55.6 Å². The zero-order valence-electron chi connectivity index (χ0n) is 13.6. The van der Waals surface area contributed by atoms with E-state index in [1.807, 2.05) is 0 Å². The highest BCUT2D eigenvalue weighted by atomic mass is 35.5. The molecule has 0 aromatic heterocycles. The molecule has 6 nitrogen and oxygen atoms in total. The standard InChI is InChI=1S/C18H17ClN2O4/c1-24-15-7-2-4-12(8-15)17(22)20-10-16-11-21(18(23)25-16)14-6-3-5-13(19)9-14/h2-9,16H,10-11H2,1H3,(H,20,22). The quantitative estimate of drug-likeness (QED) is 0.889. The zero-order chi connectivity index (χ0) is 17.8. The Kier molecular flexibility index (Phi) is 5.09. The fourth-order valence-corrected chi connectivity index (χ4v) is 2.74. The van der Waals surface area contributed by atoms with Crippen molar-refractivity contribution in [1.82, 2.24) is 5.32 Å². The summed E-state index contributed by atoms with van der Waals surface area (Å²) in [6.07, 6.45) is -0.885. The molecular weight excluding hydrogens is 344 g/mol. The van der Waals surface area contributed by atoms with Gasteiger partial charge >= 0.3 is 6.09 Å². The summed E-state index contributed by atoms with van der Waals surface area (Å²) >= 11 is 5.96. The van der Waals surface area contributed by atoms with E-state index in [1.165, 1.54) is 4.90 Å². The van der Waals surface area contributed by atoms with Gasteiger partial charge in [-0.25, -0.2) is 4.79 Å². The highest BCUT2D eigenvalue weighted by Crippen LogP contribution is 2.24. The van der Waals surface area contributed by atoms with Crippen molar-refractivity contribution in [3.63, 3.8) is 0 Å². The molecule has 7 heteroatoms. The van der Waals surface area contributed by atoms with E-state index < -0.39 is 12.2 Å². The number of methoxy groups -OCH3 is 1. The first-order valence-corrected chi connectivity index (χ1v) is 8.10. The maximum Gasteiger partial charge on any atom is 0.414 e. The predicted octanol–water partition coefficient (Wildman–Crippen LogP) is 3.10. The van der Waals surface area contributed by atoms with Gasteiger partial charge in [0, 0.05) is 16.3 Å². The lowest BCUT2D eigenvalue weighted by atomic mass is 10.2. The predicted molar refractivity (Wildman–Crippen MR) is 94.4 cm³/mol. The Morgan fingerprint density at radius 1 is 1.32 bits per heavy atom. The van der Waals surface area contributed by atoms with E-state index in [-0.39, 0.29) is 12.5 Å². The van der Waals surface area contributed by atoms with Crippen LogP contribution in [0.1, 0.15) is 10.4 Å². The van der Waals surface area contributed by atoms with Gasteiger partial charge in [-0.15, -0.1) is 0 Å². The van der Waals surface area contributed by atoms with Crippen LogP contribution < -0.4 is 15.0 Å². The van der Waals surface area contributed by atoms with Gasteiger partial charge in [0.2, 0.25) is 0 Å². The van der Waals surface area contributed by atoms with Gasteiger partial charge in [-0.2, -0.15) is 0 Å². The molecular formula is C18H17ClN2O4. The third-order valence-corrected chi connectivity index (χ3v) is 4.05. The number of nitrogens with zero attached hydrogens (tertiary/aromatic N) is 1. The number of hydrogen-bond acceptors (Lipinski definition) is 4. The van der Waals surface area contributed by atoms with Gasteiger partial charge in [0.1, 0.15) is 11.9 Å². The molecule has 1 fully saturated rings. The van der Waals surface area contributed by atoms with Crippen molar-refractivity contribution < 1.29 is 19.1 Å². The summed E-state index contributed by atoms with van der Waals surface area (Å²) in [6, 6.07) is 13.8. The molecule has 1 aliphatic rings. The van der Waals surface area contributed by atoms with Gasteiger partial charge in [-0.1, -0.05) is 23.7 Å². The van der Waals surface area contributed by atoms with Crippen molar-refractivity contribution in [2.24, 2.45) is 0 Å². The molecule has 0 aliphatic carbocycles. The van der Waals surface area contributed by atoms with Gasteiger partial charge in [0.05, 0.1) is 20.2 Å². The van der Waals surface area contributed by atoms with Crippen LogP contribution in [0, 0.1) is 0 Å². The second-order valence-electron chi connectivity index (χ2n) is 5.54. The Morgan fingerprint density at radius 3 is 2.88 bits per heavy atom. The molecule has 2 amide bonds. The number of rotatable bonds is 5. The number of benzene rings is 2. The van der Waals surface area contributed by atoms with Gasteiger partial charge in [-0.3, -0.25) is 9.69 Å².